The fraction of sp³-hybridized carbons (Fsp3) is 0.600. The predicted octanol–water partition coefficient (Wildman–Crippen LogP) is 2.93. The standard InChI is InChI=1S/C15H24N2O2S/c1-3-11-16-14-9-4-5-10-15(14)20(18,19)17(2)12-13-7-6-8-13/h4-5,9-10,13,16H,3,6-8,11-12H2,1-2H3. The second kappa shape index (κ2) is 6.59. The predicted molar refractivity (Wildman–Crippen MR) is 82.4 cm³/mol. The topological polar surface area (TPSA) is 49.4 Å². The lowest BCUT2D eigenvalue weighted by atomic mass is 9.86. The van der Waals surface area contributed by atoms with E-state index in [1.807, 2.05) is 12.1 Å². The van der Waals surface area contributed by atoms with Crippen LogP contribution in [0.3, 0.4) is 0 Å². The molecule has 1 aromatic rings. The lowest BCUT2D eigenvalue weighted by Gasteiger charge is -2.30. The van der Waals surface area contributed by atoms with Gasteiger partial charge in [-0.05, 0) is 37.3 Å². The van der Waals surface area contributed by atoms with Crippen LogP contribution in [-0.2, 0) is 10.0 Å². The van der Waals surface area contributed by atoms with Crippen molar-refractivity contribution in [3.05, 3.63) is 24.3 Å². The van der Waals surface area contributed by atoms with Crippen molar-refractivity contribution in [2.45, 2.75) is 37.5 Å². The maximum Gasteiger partial charge on any atom is 0.244 e. The number of rotatable bonds is 7. The van der Waals surface area contributed by atoms with Gasteiger partial charge in [0.1, 0.15) is 4.90 Å². The number of benzene rings is 1. The summed E-state index contributed by atoms with van der Waals surface area (Å²) >= 11 is 0. The Morgan fingerprint density at radius 1 is 1.30 bits per heavy atom. The van der Waals surface area contributed by atoms with Gasteiger partial charge in [-0.2, -0.15) is 0 Å². The number of hydrogen-bond acceptors (Lipinski definition) is 3. The van der Waals surface area contributed by atoms with E-state index in [1.54, 1.807) is 19.2 Å². The summed E-state index contributed by atoms with van der Waals surface area (Å²) in [5.74, 6) is 0.533. The largest absolute Gasteiger partial charge is 0.384 e. The number of hydrogen-bond donors (Lipinski definition) is 1. The second-order valence-electron chi connectivity index (χ2n) is 5.51. The van der Waals surface area contributed by atoms with Crippen LogP contribution in [0.1, 0.15) is 32.6 Å². The summed E-state index contributed by atoms with van der Waals surface area (Å²) in [6.07, 6.45) is 4.49. The van der Waals surface area contributed by atoms with Gasteiger partial charge in [0.05, 0.1) is 5.69 Å². The van der Waals surface area contributed by atoms with Gasteiger partial charge in [-0.1, -0.05) is 25.5 Å². The highest BCUT2D eigenvalue weighted by molar-refractivity contribution is 7.89. The Bertz CT molecular complexity index is 539. The summed E-state index contributed by atoms with van der Waals surface area (Å²) in [5.41, 5.74) is 0.704. The van der Waals surface area contributed by atoms with Crippen LogP contribution in [-0.4, -0.2) is 32.9 Å². The van der Waals surface area contributed by atoms with Crippen LogP contribution in [0.2, 0.25) is 0 Å². The SMILES string of the molecule is CCCNc1ccccc1S(=O)(=O)N(C)CC1CCC1. The summed E-state index contributed by atoms with van der Waals surface area (Å²) in [6, 6.07) is 7.16. The summed E-state index contributed by atoms with van der Waals surface area (Å²) in [5, 5.41) is 3.20. The van der Waals surface area contributed by atoms with E-state index < -0.39 is 10.0 Å². The van der Waals surface area contributed by atoms with Crippen LogP contribution in [0.15, 0.2) is 29.2 Å². The highest BCUT2D eigenvalue weighted by Crippen LogP contribution is 2.30. The minimum atomic E-state index is -3.40. The van der Waals surface area contributed by atoms with Crippen molar-refractivity contribution < 1.29 is 8.42 Å². The first-order valence-corrected chi connectivity index (χ1v) is 8.79. The third-order valence-corrected chi connectivity index (χ3v) is 5.76. The quantitative estimate of drug-likeness (QED) is 0.841. The van der Waals surface area contributed by atoms with E-state index in [1.165, 1.54) is 10.7 Å². The molecule has 0 aliphatic heterocycles. The van der Waals surface area contributed by atoms with Crippen LogP contribution in [0.25, 0.3) is 0 Å². The van der Waals surface area contributed by atoms with E-state index in [2.05, 4.69) is 12.2 Å². The van der Waals surface area contributed by atoms with E-state index >= 15 is 0 Å². The molecule has 1 aliphatic carbocycles. The van der Waals surface area contributed by atoms with Gasteiger partial charge in [0.15, 0.2) is 0 Å². The van der Waals surface area contributed by atoms with Gasteiger partial charge in [0.2, 0.25) is 10.0 Å². The summed E-state index contributed by atoms with van der Waals surface area (Å²) in [7, 11) is -1.72. The van der Waals surface area contributed by atoms with E-state index in [9.17, 15) is 8.42 Å². The molecule has 0 heterocycles. The maximum atomic E-state index is 12.7. The molecule has 1 fully saturated rings. The Morgan fingerprint density at radius 3 is 2.60 bits per heavy atom. The van der Waals surface area contributed by atoms with Crippen LogP contribution in [0.5, 0.6) is 0 Å². The number of para-hydroxylation sites is 1. The van der Waals surface area contributed by atoms with Crippen molar-refractivity contribution in [3.63, 3.8) is 0 Å². The molecule has 1 aliphatic rings. The van der Waals surface area contributed by atoms with Crippen molar-refractivity contribution in [2.75, 3.05) is 25.5 Å². The van der Waals surface area contributed by atoms with E-state index in [-0.39, 0.29) is 0 Å². The van der Waals surface area contributed by atoms with Gasteiger partial charge in [0.25, 0.3) is 0 Å². The highest BCUT2D eigenvalue weighted by Gasteiger charge is 2.28. The lowest BCUT2D eigenvalue weighted by molar-refractivity contribution is 0.263. The number of nitrogens with one attached hydrogen (secondary N) is 1. The average Bonchev–Trinajstić information content (AvgIpc) is 2.40. The highest BCUT2D eigenvalue weighted by atomic mass is 32.2. The van der Waals surface area contributed by atoms with Crippen molar-refractivity contribution >= 4 is 15.7 Å². The van der Waals surface area contributed by atoms with Crippen LogP contribution < -0.4 is 5.32 Å². The van der Waals surface area contributed by atoms with Crippen LogP contribution in [0, 0.1) is 5.92 Å². The van der Waals surface area contributed by atoms with Crippen molar-refractivity contribution in [3.8, 4) is 0 Å². The Labute approximate surface area is 122 Å². The van der Waals surface area contributed by atoms with Crippen molar-refractivity contribution in [2.24, 2.45) is 5.92 Å². The zero-order chi connectivity index (χ0) is 14.6. The Kier molecular flexibility index (Phi) is 5.05. The molecular weight excluding hydrogens is 272 g/mol. The van der Waals surface area contributed by atoms with Crippen molar-refractivity contribution in [1.29, 1.82) is 0 Å². The normalized spacial score (nSPS) is 16.1. The van der Waals surface area contributed by atoms with Crippen LogP contribution in [0.4, 0.5) is 5.69 Å². The fourth-order valence-corrected chi connectivity index (χ4v) is 3.81. The summed E-state index contributed by atoms with van der Waals surface area (Å²) in [6.45, 7) is 3.47. The van der Waals surface area contributed by atoms with E-state index in [0.717, 1.165) is 25.8 Å². The lowest BCUT2D eigenvalue weighted by Crippen LogP contribution is -2.34. The van der Waals surface area contributed by atoms with Gasteiger partial charge in [-0.25, -0.2) is 12.7 Å². The number of nitrogens with zero attached hydrogens (tertiary/aromatic N) is 1. The Balaban J connectivity index is 2.18. The van der Waals surface area contributed by atoms with Gasteiger partial charge in [0, 0.05) is 20.1 Å². The molecule has 0 atom stereocenters. The van der Waals surface area contributed by atoms with E-state index in [0.29, 0.717) is 23.0 Å². The Hall–Kier alpha value is -1.07. The molecule has 4 nitrogen and oxygen atoms in total. The molecule has 0 spiro atoms. The van der Waals surface area contributed by atoms with Crippen LogP contribution >= 0.6 is 0 Å². The van der Waals surface area contributed by atoms with E-state index in [4.69, 9.17) is 0 Å². The second-order valence-corrected chi connectivity index (χ2v) is 7.52. The minimum absolute atomic E-state index is 0.385. The van der Waals surface area contributed by atoms with Gasteiger partial charge >= 0.3 is 0 Å². The smallest absolute Gasteiger partial charge is 0.244 e. The molecule has 1 saturated carbocycles. The molecule has 0 amide bonds. The third-order valence-electron chi connectivity index (χ3n) is 3.88. The zero-order valence-electron chi connectivity index (χ0n) is 12.3. The minimum Gasteiger partial charge on any atom is -0.384 e. The number of sulfonamides is 1. The first-order valence-electron chi connectivity index (χ1n) is 7.35. The average molecular weight is 296 g/mol. The van der Waals surface area contributed by atoms with Gasteiger partial charge in [-0.3, -0.25) is 0 Å². The molecule has 0 aromatic heterocycles. The zero-order valence-corrected chi connectivity index (χ0v) is 13.1. The molecule has 2 rings (SSSR count). The molecule has 0 saturated heterocycles. The third kappa shape index (κ3) is 3.33. The molecule has 0 radical (unpaired) electrons. The first kappa shape index (κ1) is 15.3. The molecule has 0 bridgehead atoms. The fourth-order valence-electron chi connectivity index (χ4n) is 2.40. The van der Waals surface area contributed by atoms with Gasteiger partial charge < -0.3 is 5.32 Å². The monoisotopic (exact) mass is 296 g/mol. The first-order chi connectivity index (χ1) is 9.55. The summed E-state index contributed by atoms with van der Waals surface area (Å²) < 4.78 is 26.9. The molecular formula is C15H24N2O2S. The maximum absolute atomic E-state index is 12.7. The molecule has 1 aromatic carbocycles. The molecule has 5 heteroatoms. The molecule has 0 unspecified atom stereocenters. The summed E-state index contributed by atoms with van der Waals surface area (Å²) in [4.78, 5) is 0.385. The molecule has 112 valence electrons. The molecule has 20 heavy (non-hydrogen) atoms. The number of anilines is 1. The molecule has 1 N–H and O–H groups in total. The van der Waals surface area contributed by atoms with Crippen molar-refractivity contribution in [1.82, 2.24) is 4.31 Å². The Morgan fingerprint density at radius 2 is 2.00 bits per heavy atom. The van der Waals surface area contributed by atoms with Gasteiger partial charge in [-0.15, -0.1) is 0 Å².